The number of nitrogens with one attached hydrogen (secondary N) is 1. The van der Waals surface area contributed by atoms with Gasteiger partial charge in [-0.15, -0.1) is 0 Å². The minimum absolute atomic E-state index is 0.171. The van der Waals surface area contributed by atoms with Crippen molar-refractivity contribution in [1.82, 2.24) is 4.98 Å². The molecule has 0 spiro atoms. The summed E-state index contributed by atoms with van der Waals surface area (Å²) in [6.07, 6.45) is 0. The van der Waals surface area contributed by atoms with Gasteiger partial charge in [0.25, 0.3) is 0 Å². The number of ether oxygens (including phenoxy) is 2. The van der Waals surface area contributed by atoms with Crippen molar-refractivity contribution in [3.05, 3.63) is 40.6 Å². The summed E-state index contributed by atoms with van der Waals surface area (Å²) in [6, 6.07) is 7.47. The second-order valence-corrected chi connectivity index (χ2v) is 7.39. The van der Waals surface area contributed by atoms with Gasteiger partial charge >= 0.3 is 0 Å². The number of thioether (sulfide) groups is 1. The number of hydrogen-bond acceptors (Lipinski definition) is 6. The SMILES string of the molecule is Cc1nc(S[C@H](C)C(=O)Nc2ccc3c(c2)OCO3)c(C#N)c(C)c1C. The van der Waals surface area contributed by atoms with Crippen LogP contribution < -0.4 is 14.8 Å². The van der Waals surface area contributed by atoms with Gasteiger partial charge in [-0.05, 0) is 51.0 Å². The smallest absolute Gasteiger partial charge is 0.237 e. The summed E-state index contributed by atoms with van der Waals surface area (Å²) in [5.74, 6) is 1.11. The number of carbonyl (C=O) groups is 1. The third-order valence-corrected chi connectivity index (χ3v) is 5.46. The lowest BCUT2D eigenvalue weighted by atomic mass is 10.1. The summed E-state index contributed by atoms with van der Waals surface area (Å²) < 4.78 is 10.6. The summed E-state index contributed by atoms with van der Waals surface area (Å²) in [5, 5.41) is 12.5. The van der Waals surface area contributed by atoms with E-state index in [1.54, 1.807) is 25.1 Å². The average molecular weight is 369 g/mol. The van der Waals surface area contributed by atoms with Crippen molar-refractivity contribution in [3.63, 3.8) is 0 Å². The van der Waals surface area contributed by atoms with Gasteiger partial charge in [-0.1, -0.05) is 11.8 Å². The number of carbonyl (C=O) groups excluding carboxylic acids is 1. The van der Waals surface area contributed by atoms with E-state index in [-0.39, 0.29) is 12.7 Å². The first-order valence-electron chi connectivity index (χ1n) is 8.15. The Morgan fingerprint density at radius 1 is 1.27 bits per heavy atom. The van der Waals surface area contributed by atoms with Crippen LogP contribution >= 0.6 is 11.8 Å². The van der Waals surface area contributed by atoms with Crippen LogP contribution in [0.15, 0.2) is 23.2 Å². The second-order valence-electron chi connectivity index (χ2n) is 6.06. The van der Waals surface area contributed by atoms with E-state index in [9.17, 15) is 10.1 Å². The Bertz CT molecular complexity index is 921. The first kappa shape index (κ1) is 18.1. The van der Waals surface area contributed by atoms with Crippen molar-refractivity contribution in [1.29, 1.82) is 5.26 Å². The van der Waals surface area contributed by atoms with E-state index in [0.717, 1.165) is 16.8 Å². The Hall–Kier alpha value is -2.72. The number of fused-ring (bicyclic) bond motifs is 1. The molecule has 1 aromatic heterocycles. The number of aromatic nitrogens is 1. The highest BCUT2D eigenvalue weighted by molar-refractivity contribution is 8.00. The molecular weight excluding hydrogens is 350 g/mol. The molecule has 2 aromatic rings. The number of nitrogens with zero attached hydrogens (tertiary/aromatic N) is 2. The Morgan fingerprint density at radius 3 is 2.73 bits per heavy atom. The summed E-state index contributed by atoms with van der Waals surface area (Å²) in [4.78, 5) is 17.0. The maximum atomic E-state index is 12.5. The number of rotatable bonds is 4. The molecular formula is C19H19N3O3S. The monoisotopic (exact) mass is 369 g/mol. The standard InChI is InChI=1S/C19H19N3O3S/c1-10-11(2)15(8-20)19(21-12(10)3)26-13(4)18(23)22-14-5-6-16-17(7-14)25-9-24-16/h5-7,13H,9H2,1-4H3,(H,22,23)/t13-/m1/s1. The topological polar surface area (TPSA) is 84.2 Å². The van der Waals surface area contributed by atoms with Crippen molar-refractivity contribution in [2.75, 3.05) is 12.1 Å². The van der Waals surface area contributed by atoms with E-state index in [2.05, 4.69) is 16.4 Å². The van der Waals surface area contributed by atoms with Gasteiger partial charge in [0.1, 0.15) is 11.1 Å². The number of aryl methyl sites for hydroxylation is 1. The van der Waals surface area contributed by atoms with Crippen molar-refractivity contribution in [2.24, 2.45) is 0 Å². The summed E-state index contributed by atoms with van der Waals surface area (Å²) in [7, 11) is 0. The molecule has 1 aromatic carbocycles. The van der Waals surface area contributed by atoms with E-state index >= 15 is 0 Å². The third-order valence-electron chi connectivity index (χ3n) is 4.37. The maximum Gasteiger partial charge on any atom is 0.237 e. The van der Waals surface area contributed by atoms with E-state index in [1.807, 2.05) is 20.8 Å². The molecule has 7 heteroatoms. The maximum absolute atomic E-state index is 12.5. The van der Waals surface area contributed by atoms with Crippen LogP contribution in [0, 0.1) is 32.1 Å². The highest BCUT2D eigenvalue weighted by atomic mass is 32.2. The van der Waals surface area contributed by atoms with Crippen molar-refractivity contribution < 1.29 is 14.3 Å². The number of amides is 1. The van der Waals surface area contributed by atoms with Gasteiger partial charge < -0.3 is 14.8 Å². The Balaban J connectivity index is 1.75. The number of hydrogen-bond donors (Lipinski definition) is 1. The van der Waals surface area contributed by atoms with Gasteiger partial charge in [-0.2, -0.15) is 5.26 Å². The largest absolute Gasteiger partial charge is 0.454 e. The average Bonchev–Trinajstić information content (AvgIpc) is 3.07. The molecule has 0 saturated heterocycles. The molecule has 6 nitrogen and oxygen atoms in total. The fraction of sp³-hybridized carbons (Fsp3) is 0.316. The molecule has 0 unspecified atom stereocenters. The first-order chi connectivity index (χ1) is 12.4. The Kier molecular flexibility index (Phi) is 5.05. The number of pyridine rings is 1. The predicted octanol–water partition coefficient (Wildman–Crippen LogP) is 3.73. The number of nitriles is 1. The molecule has 0 bridgehead atoms. The lowest BCUT2D eigenvalue weighted by molar-refractivity contribution is -0.115. The molecule has 1 aliphatic rings. The quantitative estimate of drug-likeness (QED) is 0.827. The molecule has 0 fully saturated rings. The summed E-state index contributed by atoms with van der Waals surface area (Å²) in [6.45, 7) is 7.74. The molecule has 0 aliphatic carbocycles. The summed E-state index contributed by atoms with van der Waals surface area (Å²) >= 11 is 1.28. The van der Waals surface area contributed by atoms with Crippen molar-refractivity contribution in [2.45, 2.75) is 38.0 Å². The van der Waals surface area contributed by atoms with Gasteiger partial charge in [0.15, 0.2) is 11.5 Å². The lowest BCUT2D eigenvalue weighted by Crippen LogP contribution is -2.22. The number of anilines is 1. The van der Waals surface area contributed by atoms with Crippen LogP contribution in [0.25, 0.3) is 0 Å². The normalized spacial score (nSPS) is 13.2. The molecule has 1 atom stereocenters. The zero-order valence-electron chi connectivity index (χ0n) is 15.0. The number of benzene rings is 1. The molecule has 1 N–H and O–H groups in total. The fourth-order valence-corrected chi connectivity index (χ4v) is 3.57. The first-order valence-corrected chi connectivity index (χ1v) is 9.03. The van der Waals surface area contributed by atoms with Crippen LogP contribution in [0.5, 0.6) is 11.5 Å². The van der Waals surface area contributed by atoms with Crippen LogP contribution in [-0.4, -0.2) is 22.9 Å². The molecule has 1 amide bonds. The van der Waals surface area contributed by atoms with Crippen LogP contribution in [0.3, 0.4) is 0 Å². The molecule has 134 valence electrons. The van der Waals surface area contributed by atoms with Crippen LogP contribution in [0.4, 0.5) is 5.69 Å². The van der Waals surface area contributed by atoms with Gasteiger partial charge in [0, 0.05) is 17.4 Å². The van der Waals surface area contributed by atoms with Crippen LogP contribution in [0.1, 0.15) is 29.3 Å². The minimum Gasteiger partial charge on any atom is -0.454 e. The second kappa shape index (κ2) is 7.26. The highest BCUT2D eigenvalue weighted by Gasteiger charge is 2.21. The molecule has 2 heterocycles. The zero-order valence-corrected chi connectivity index (χ0v) is 15.9. The van der Waals surface area contributed by atoms with Gasteiger partial charge in [0.05, 0.1) is 10.8 Å². The van der Waals surface area contributed by atoms with Crippen LogP contribution in [0.2, 0.25) is 0 Å². The van der Waals surface area contributed by atoms with E-state index < -0.39 is 5.25 Å². The lowest BCUT2D eigenvalue weighted by Gasteiger charge is -2.15. The predicted molar refractivity (Wildman–Crippen MR) is 99.7 cm³/mol. The molecule has 1 aliphatic heterocycles. The molecule has 3 rings (SSSR count). The highest BCUT2D eigenvalue weighted by Crippen LogP contribution is 2.35. The van der Waals surface area contributed by atoms with Gasteiger partial charge in [-0.25, -0.2) is 4.98 Å². The van der Waals surface area contributed by atoms with E-state index in [4.69, 9.17) is 9.47 Å². The molecule has 26 heavy (non-hydrogen) atoms. The summed E-state index contributed by atoms with van der Waals surface area (Å²) in [5.41, 5.74) is 3.94. The Labute approximate surface area is 156 Å². The fourth-order valence-electron chi connectivity index (χ4n) is 2.57. The Morgan fingerprint density at radius 2 is 2.00 bits per heavy atom. The van der Waals surface area contributed by atoms with Crippen LogP contribution in [-0.2, 0) is 4.79 Å². The van der Waals surface area contributed by atoms with Crippen molar-refractivity contribution >= 4 is 23.4 Å². The molecule has 0 saturated carbocycles. The van der Waals surface area contributed by atoms with Gasteiger partial charge in [-0.3, -0.25) is 4.79 Å². The van der Waals surface area contributed by atoms with Gasteiger partial charge in [0.2, 0.25) is 12.7 Å². The zero-order chi connectivity index (χ0) is 18.8. The third kappa shape index (κ3) is 3.46. The van der Waals surface area contributed by atoms with Crippen molar-refractivity contribution in [3.8, 4) is 17.6 Å². The van der Waals surface area contributed by atoms with E-state index in [1.165, 1.54) is 11.8 Å². The minimum atomic E-state index is -0.415. The van der Waals surface area contributed by atoms with E-state index in [0.29, 0.717) is 27.8 Å². The molecule has 0 radical (unpaired) electrons.